The fourth-order valence-electron chi connectivity index (χ4n) is 2.00. The van der Waals surface area contributed by atoms with E-state index >= 15 is 0 Å². The molecule has 14 heavy (non-hydrogen) atoms. The van der Waals surface area contributed by atoms with Gasteiger partial charge in [-0.2, -0.15) is 5.26 Å². The zero-order chi connectivity index (χ0) is 10.1. The molecule has 0 spiro atoms. The lowest BCUT2D eigenvalue weighted by Crippen LogP contribution is -2.48. The third-order valence-electron chi connectivity index (χ3n) is 2.74. The highest BCUT2D eigenvalue weighted by Gasteiger charge is 2.33. The molecule has 0 aromatic rings. The Morgan fingerprint density at radius 2 is 2.43 bits per heavy atom. The van der Waals surface area contributed by atoms with E-state index in [9.17, 15) is 4.79 Å². The van der Waals surface area contributed by atoms with Crippen LogP contribution in [0, 0.1) is 17.2 Å². The smallest absolute Gasteiger partial charge is 0.231 e. The van der Waals surface area contributed by atoms with E-state index in [4.69, 9.17) is 5.26 Å². The predicted molar refractivity (Wildman–Crippen MR) is 50.8 cm³/mol. The number of allylic oxidation sites excluding steroid dienone is 1. The van der Waals surface area contributed by atoms with E-state index in [2.05, 4.69) is 11.4 Å². The Labute approximate surface area is 83.2 Å². The molecule has 1 amide bonds. The number of rotatable bonds is 0. The highest BCUT2D eigenvalue weighted by atomic mass is 16.2. The highest BCUT2D eigenvalue weighted by Crippen LogP contribution is 2.27. The zero-order valence-electron chi connectivity index (χ0n) is 8.21. The lowest BCUT2D eigenvalue weighted by atomic mass is 9.95. The van der Waals surface area contributed by atoms with Crippen LogP contribution in [0.2, 0.25) is 0 Å². The summed E-state index contributed by atoms with van der Waals surface area (Å²) in [6.07, 6.45) is 1.54. The molecule has 4 heteroatoms. The normalized spacial score (nSPS) is 26.7. The number of amides is 1. The second-order valence-corrected chi connectivity index (χ2v) is 3.81. The van der Waals surface area contributed by atoms with Crippen LogP contribution < -0.4 is 5.32 Å². The number of nitrogens with one attached hydrogen (secondary N) is 1. The van der Waals surface area contributed by atoms with Crippen molar-refractivity contribution in [2.75, 3.05) is 13.1 Å². The van der Waals surface area contributed by atoms with Gasteiger partial charge >= 0.3 is 0 Å². The molecule has 2 aliphatic heterocycles. The number of hydrogen-bond acceptors (Lipinski definition) is 3. The van der Waals surface area contributed by atoms with Crippen LogP contribution in [0.1, 0.15) is 19.8 Å². The quantitative estimate of drug-likeness (QED) is 0.609. The van der Waals surface area contributed by atoms with Crippen molar-refractivity contribution in [3.63, 3.8) is 0 Å². The standard InChI is InChI=1S/C10H13N3O/c1-7-5-8(6-11)9-12-3-2-4-13(9)10(7)14/h7,12H,2-5H2,1H3. The summed E-state index contributed by atoms with van der Waals surface area (Å²) in [5.41, 5.74) is 0.719. The molecule has 1 unspecified atom stereocenters. The average molecular weight is 191 g/mol. The van der Waals surface area contributed by atoms with Crippen LogP contribution in [-0.2, 0) is 4.79 Å². The summed E-state index contributed by atoms with van der Waals surface area (Å²) in [4.78, 5) is 13.5. The van der Waals surface area contributed by atoms with Gasteiger partial charge in [-0.1, -0.05) is 6.92 Å². The summed E-state index contributed by atoms with van der Waals surface area (Å²) >= 11 is 0. The first-order chi connectivity index (χ1) is 6.74. The molecule has 2 rings (SSSR count). The highest BCUT2D eigenvalue weighted by molar-refractivity contribution is 5.82. The van der Waals surface area contributed by atoms with Crippen LogP contribution in [0.3, 0.4) is 0 Å². The number of hydrogen-bond donors (Lipinski definition) is 1. The molecule has 0 bridgehead atoms. The van der Waals surface area contributed by atoms with Gasteiger partial charge in [0.15, 0.2) is 0 Å². The first-order valence-electron chi connectivity index (χ1n) is 4.92. The molecular formula is C10H13N3O. The Balaban J connectivity index is 2.38. The van der Waals surface area contributed by atoms with Crippen LogP contribution in [0.5, 0.6) is 0 Å². The van der Waals surface area contributed by atoms with Crippen LogP contribution in [0.15, 0.2) is 11.4 Å². The Morgan fingerprint density at radius 1 is 1.64 bits per heavy atom. The van der Waals surface area contributed by atoms with Crippen LogP contribution in [0.25, 0.3) is 0 Å². The predicted octanol–water partition coefficient (Wildman–Crippen LogP) is 0.583. The van der Waals surface area contributed by atoms with Gasteiger partial charge in [0.2, 0.25) is 5.91 Å². The van der Waals surface area contributed by atoms with E-state index in [-0.39, 0.29) is 11.8 Å². The number of carbonyl (C=O) groups is 1. The monoisotopic (exact) mass is 191 g/mol. The number of nitrogens with zero attached hydrogens (tertiary/aromatic N) is 2. The van der Waals surface area contributed by atoms with Crippen LogP contribution in [0.4, 0.5) is 0 Å². The minimum absolute atomic E-state index is 0.0479. The van der Waals surface area contributed by atoms with Crippen molar-refractivity contribution in [2.24, 2.45) is 5.92 Å². The number of carbonyl (C=O) groups excluding carboxylic acids is 1. The van der Waals surface area contributed by atoms with E-state index in [1.165, 1.54) is 0 Å². The molecule has 0 radical (unpaired) electrons. The second-order valence-electron chi connectivity index (χ2n) is 3.81. The van der Waals surface area contributed by atoms with Gasteiger partial charge in [-0.25, -0.2) is 0 Å². The Morgan fingerprint density at radius 3 is 3.14 bits per heavy atom. The number of fused-ring (bicyclic) bond motifs is 1. The van der Waals surface area contributed by atoms with Crippen molar-refractivity contribution >= 4 is 5.91 Å². The molecule has 1 saturated heterocycles. The van der Waals surface area contributed by atoms with Gasteiger partial charge < -0.3 is 5.32 Å². The SMILES string of the molecule is CC1CC(C#N)=C2NCCCN2C1=O. The van der Waals surface area contributed by atoms with Gasteiger partial charge in [-0.05, 0) is 12.8 Å². The molecular weight excluding hydrogens is 178 g/mol. The summed E-state index contributed by atoms with van der Waals surface area (Å²) in [5.74, 6) is 0.848. The first-order valence-corrected chi connectivity index (χ1v) is 4.92. The number of nitriles is 1. The Hall–Kier alpha value is -1.50. The summed E-state index contributed by atoms with van der Waals surface area (Å²) in [6, 6.07) is 2.18. The summed E-state index contributed by atoms with van der Waals surface area (Å²) in [7, 11) is 0. The molecule has 0 aromatic carbocycles. The molecule has 0 aromatic heterocycles. The van der Waals surface area contributed by atoms with Crippen molar-refractivity contribution in [3.8, 4) is 6.07 Å². The topological polar surface area (TPSA) is 56.1 Å². The van der Waals surface area contributed by atoms with Crippen LogP contribution in [-0.4, -0.2) is 23.9 Å². The fourth-order valence-corrected chi connectivity index (χ4v) is 2.00. The Bertz CT molecular complexity index is 340. The van der Waals surface area contributed by atoms with Gasteiger partial charge in [-0.15, -0.1) is 0 Å². The average Bonchev–Trinajstić information content (AvgIpc) is 2.23. The van der Waals surface area contributed by atoms with E-state index in [0.717, 1.165) is 30.9 Å². The van der Waals surface area contributed by atoms with Crippen molar-refractivity contribution in [3.05, 3.63) is 11.4 Å². The van der Waals surface area contributed by atoms with Gasteiger partial charge in [0, 0.05) is 19.0 Å². The van der Waals surface area contributed by atoms with E-state index in [0.29, 0.717) is 6.42 Å². The fraction of sp³-hybridized carbons (Fsp3) is 0.600. The first kappa shape index (κ1) is 9.07. The summed E-state index contributed by atoms with van der Waals surface area (Å²) in [5, 5.41) is 12.1. The molecule has 1 N–H and O–H groups in total. The van der Waals surface area contributed by atoms with E-state index in [1.54, 1.807) is 4.90 Å². The minimum atomic E-state index is -0.0479. The van der Waals surface area contributed by atoms with E-state index in [1.807, 2.05) is 6.92 Å². The van der Waals surface area contributed by atoms with Crippen molar-refractivity contribution in [1.29, 1.82) is 5.26 Å². The van der Waals surface area contributed by atoms with Crippen molar-refractivity contribution < 1.29 is 4.79 Å². The van der Waals surface area contributed by atoms with Crippen molar-refractivity contribution in [1.82, 2.24) is 10.2 Å². The summed E-state index contributed by atoms with van der Waals surface area (Å²) in [6.45, 7) is 3.49. The lowest BCUT2D eigenvalue weighted by molar-refractivity contribution is -0.134. The maximum atomic E-state index is 11.8. The minimum Gasteiger partial charge on any atom is -0.371 e. The van der Waals surface area contributed by atoms with Crippen LogP contribution >= 0.6 is 0 Å². The third kappa shape index (κ3) is 1.25. The maximum Gasteiger partial charge on any atom is 0.231 e. The molecule has 74 valence electrons. The lowest BCUT2D eigenvalue weighted by Gasteiger charge is -2.36. The van der Waals surface area contributed by atoms with Gasteiger partial charge in [-0.3, -0.25) is 9.69 Å². The van der Waals surface area contributed by atoms with Gasteiger partial charge in [0.1, 0.15) is 5.82 Å². The largest absolute Gasteiger partial charge is 0.371 e. The molecule has 4 nitrogen and oxygen atoms in total. The van der Waals surface area contributed by atoms with Gasteiger partial charge in [0.05, 0.1) is 11.6 Å². The van der Waals surface area contributed by atoms with Crippen molar-refractivity contribution in [2.45, 2.75) is 19.8 Å². The second kappa shape index (κ2) is 3.33. The molecule has 1 fully saturated rings. The summed E-state index contributed by atoms with van der Waals surface area (Å²) < 4.78 is 0. The molecule has 2 aliphatic rings. The maximum absolute atomic E-state index is 11.8. The zero-order valence-corrected chi connectivity index (χ0v) is 8.21. The van der Waals surface area contributed by atoms with Gasteiger partial charge in [0.25, 0.3) is 0 Å². The Kier molecular flexibility index (Phi) is 2.16. The third-order valence-corrected chi connectivity index (χ3v) is 2.74. The molecule has 1 atom stereocenters. The molecule has 0 aliphatic carbocycles. The molecule has 0 saturated carbocycles. The van der Waals surface area contributed by atoms with E-state index < -0.39 is 0 Å². The molecule has 2 heterocycles.